The van der Waals surface area contributed by atoms with E-state index < -0.39 is 11.7 Å². The minimum Gasteiger partial charge on any atom is -0.305 e. The predicted molar refractivity (Wildman–Crippen MR) is 125 cm³/mol. The number of pyridine rings is 1. The molecule has 0 saturated carbocycles. The van der Waals surface area contributed by atoms with Crippen LogP contribution < -0.4 is 11.0 Å². The third-order valence-electron chi connectivity index (χ3n) is 5.56. The Hall–Kier alpha value is -4.60. The van der Waals surface area contributed by atoms with Crippen LogP contribution in [0, 0.1) is 5.82 Å². The van der Waals surface area contributed by atoms with Gasteiger partial charge in [-0.1, -0.05) is 18.2 Å². The Morgan fingerprint density at radius 2 is 1.88 bits per heavy atom. The molecular formula is C24H20FN7O2. The van der Waals surface area contributed by atoms with Crippen molar-refractivity contribution < 1.29 is 9.18 Å². The van der Waals surface area contributed by atoms with Crippen molar-refractivity contribution >= 4 is 22.6 Å². The van der Waals surface area contributed by atoms with Crippen molar-refractivity contribution in [1.82, 2.24) is 29.1 Å². The van der Waals surface area contributed by atoms with E-state index in [2.05, 4.69) is 20.5 Å². The van der Waals surface area contributed by atoms with E-state index in [0.717, 1.165) is 0 Å². The molecule has 0 radical (unpaired) electrons. The van der Waals surface area contributed by atoms with E-state index in [0.29, 0.717) is 34.7 Å². The fourth-order valence-corrected chi connectivity index (χ4v) is 3.83. The molecule has 3 heterocycles. The average molecular weight is 457 g/mol. The maximum atomic E-state index is 15.8. The highest BCUT2D eigenvalue weighted by Crippen LogP contribution is 2.32. The number of amides is 1. The Balaban J connectivity index is 1.57. The van der Waals surface area contributed by atoms with Crippen molar-refractivity contribution in [3.63, 3.8) is 0 Å². The second kappa shape index (κ2) is 8.39. The van der Waals surface area contributed by atoms with Crippen molar-refractivity contribution in [1.29, 1.82) is 0 Å². The van der Waals surface area contributed by atoms with Gasteiger partial charge in [0, 0.05) is 25.4 Å². The molecule has 0 bridgehead atoms. The Morgan fingerprint density at radius 1 is 1.09 bits per heavy atom. The summed E-state index contributed by atoms with van der Waals surface area (Å²) in [5.41, 5.74) is 1.75. The summed E-state index contributed by atoms with van der Waals surface area (Å²) in [5.74, 6) is -0.739. The summed E-state index contributed by atoms with van der Waals surface area (Å²) >= 11 is 0. The SMILES string of the molecule is CCn1nc(C(=O)Nc2ccccn2)c2c(F)c(-c3ccc(-n4cnn(C)c4=O)cc3)ccc21. The lowest BCUT2D eigenvalue weighted by Gasteiger charge is -2.08. The summed E-state index contributed by atoms with van der Waals surface area (Å²) < 4.78 is 20.1. The largest absolute Gasteiger partial charge is 0.350 e. The highest BCUT2D eigenvalue weighted by Gasteiger charge is 2.23. The molecule has 2 aromatic carbocycles. The fourth-order valence-electron chi connectivity index (χ4n) is 3.83. The normalized spacial score (nSPS) is 11.1. The molecule has 1 amide bonds. The molecule has 0 spiro atoms. The van der Waals surface area contributed by atoms with Gasteiger partial charge in [0.1, 0.15) is 18.0 Å². The van der Waals surface area contributed by atoms with Gasteiger partial charge in [-0.3, -0.25) is 9.48 Å². The summed E-state index contributed by atoms with van der Waals surface area (Å²) in [5, 5.41) is 11.1. The van der Waals surface area contributed by atoms with E-state index in [-0.39, 0.29) is 16.8 Å². The van der Waals surface area contributed by atoms with E-state index >= 15 is 4.39 Å². The van der Waals surface area contributed by atoms with Gasteiger partial charge in [0.05, 0.1) is 16.6 Å². The van der Waals surface area contributed by atoms with Gasteiger partial charge in [0.15, 0.2) is 5.69 Å². The number of fused-ring (bicyclic) bond motifs is 1. The number of aromatic nitrogens is 6. The smallest absolute Gasteiger partial charge is 0.305 e. The minimum atomic E-state index is -0.547. The van der Waals surface area contributed by atoms with Crippen LogP contribution in [0.15, 0.2) is 71.9 Å². The number of hydrogen-bond donors (Lipinski definition) is 1. The van der Waals surface area contributed by atoms with Crippen molar-refractivity contribution in [2.75, 3.05) is 5.32 Å². The third kappa shape index (κ3) is 3.54. The van der Waals surface area contributed by atoms with Crippen LogP contribution in [0.3, 0.4) is 0 Å². The number of carbonyl (C=O) groups is 1. The quantitative estimate of drug-likeness (QED) is 0.436. The lowest BCUT2D eigenvalue weighted by molar-refractivity contribution is 0.102. The zero-order valence-electron chi connectivity index (χ0n) is 18.4. The molecule has 1 N–H and O–H groups in total. The first-order valence-electron chi connectivity index (χ1n) is 10.6. The highest BCUT2D eigenvalue weighted by molar-refractivity contribution is 6.11. The number of hydrogen-bond acceptors (Lipinski definition) is 5. The maximum absolute atomic E-state index is 15.8. The van der Waals surface area contributed by atoms with Crippen LogP contribution >= 0.6 is 0 Å². The van der Waals surface area contributed by atoms with Crippen molar-refractivity contribution in [3.05, 3.63) is 89.1 Å². The fraction of sp³-hybridized carbons (Fsp3) is 0.125. The predicted octanol–water partition coefficient (Wildman–Crippen LogP) is 3.39. The number of anilines is 1. The summed E-state index contributed by atoms with van der Waals surface area (Å²) in [6.45, 7) is 2.35. The molecule has 0 unspecified atom stereocenters. The summed E-state index contributed by atoms with van der Waals surface area (Å²) in [6, 6.07) is 15.4. The number of halogens is 1. The first-order valence-corrected chi connectivity index (χ1v) is 10.6. The van der Waals surface area contributed by atoms with E-state index in [1.54, 1.807) is 72.5 Å². The van der Waals surface area contributed by atoms with Crippen LogP contribution in [0.2, 0.25) is 0 Å². The minimum absolute atomic E-state index is 0.0135. The first kappa shape index (κ1) is 21.3. The lowest BCUT2D eigenvalue weighted by atomic mass is 10.0. The average Bonchev–Trinajstić information content (AvgIpc) is 3.40. The Labute approximate surface area is 193 Å². The number of carbonyl (C=O) groups excluding carboxylic acids is 1. The number of benzene rings is 2. The molecule has 0 atom stereocenters. The van der Waals surface area contributed by atoms with Gasteiger partial charge in [-0.05, 0) is 48.9 Å². The van der Waals surface area contributed by atoms with E-state index in [9.17, 15) is 9.59 Å². The molecule has 5 aromatic rings. The van der Waals surface area contributed by atoms with E-state index in [4.69, 9.17) is 0 Å². The van der Waals surface area contributed by atoms with Gasteiger partial charge in [-0.2, -0.15) is 10.2 Å². The molecule has 170 valence electrons. The summed E-state index contributed by atoms with van der Waals surface area (Å²) in [6.07, 6.45) is 2.98. The van der Waals surface area contributed by atoms with Gasteiger partial charge < -0.3 is 5.32 Å². The molecule has 0 aliphatic rings. The lowest BCUT2D eigenvalue weighted by Crippen LogP contribution is -2.21. The standard InChI is InChI=1S/C24H20FN7O2/c1-3-32-18-12-11-17(15-7-9-16(10-8-15)31-14-27-30(2)24(31)34)21(25)20(18)22(29-32)23(33)28-19-6-4-5-13-26-19/h4-14H,3H2,1-2H3,(H,26,28,33). The first-order chi connectivity index (χ1) is 16.5. The number of nitrogens with zero attached hydrogens (tertiary/aromatic N) is 6. The van der Waals surface area contributed by atoms with Crippen LogP contribution in [0.4, 0.5) is 10.2 Å². The zero-order valence-corrected chi connectivity index (χ0v) is 18.4. The van der Waals surface area contributed by atoms with Gasteiger partial charge in [0.25, 0.3) is 5.91 Å². The molecule has 0 aliphatic heterocycles. The Morgan fingerprint density at radius 3 is 2.53 bits per heavy atom. The monoisotopic (exact) mass is 457 g/mol. The number of aryl methyl sites for hydroxylation is 2. The third-order valence-corrected chi connectivity index (χ3v) is 5.56. The van der Waals surface area contributed by atoms with Crippen molar-refractivity contribution in [2.45, 2.75) is 13.5 Å². The number of rotatable bonds is 5. The van der Waals surface area contributed by atoms with E-state index in [1.165, 1.54) is 15.6 Å². The molecule has 0 aliphatic carbocycles. The number of nitrogens with one attached hydrogen (secondary N) is 1. The van der Waals surface area contributed by atoms with Crippen LogP contribution in [-0.4, -0.2) is 35.0 Å². The molecule has 10 heteroatoms. The summed E-state index contributed by atoms with van der Waals surface area (Å²) in [7, 11) is 1.57. The molecule has 3 aromatic heterocycles. The van der Waals surface area contributed by atoms with Gasteiger partial charge in [-0.25, -0.2) is 23.4 Å². The Bertz CT molecular complexity index is 1570. The van der Waals surface area contributed by atoms with Gasteiger partial charge in [-0.15, -0.1) is 0 Å². The highest BCUT2D eigenvalue weighted by atomic mass is 19.1. The van der Waals surface area contributed by atoms with Crippen LogP contribution in [-0.2, 0) is 13.6 Å². The van der Waals surface area contributed by atoms with Crippen molar-refractivity contribution in [3.8, 4) is 16.8 Å². The maximum Gasteiger partial charge on any atom is 0.350 e. The van der Waals surface area contributed by atoms with Crippen molar-refractivity contribution in [2.24, 2.45) is 7.05 Å². The molecule has 9 nitrogen and oxygen atoms in total. The zero-order chi connectivity index (χ0) is 23.8. The second-order valence-electron chi connectivity index (χ2n) is 7.61. The van der Waals surface area contributed by atoms with Gasteiger partial charge in [0.2, 0.25) is 0 Å². The summed E-state index contributed by atoms with van der Waals surface area (Å²) in [4.78, 5) is 29.2. The molecule has 0 fully saturated rings. The molecule has 34 heavy (non-hydrogen) atoms. The molecule has 0 saturated heterocycles. The second-order valence-corrected chi connectivity index (χ2v) is 7.61. The van der Waals surface area contributed by atoms with E-state index in [1.807, 2.05) is 6.92 Å². The van der Waals surface area contributed by atoms with Crippen LogP contribution in [0.5, 0.6) is 0 Å². The van der Waals surface area contributed by atoms with Crippen LogP contribution in [0.1, 0.15) is 17.4 Å². The Kier molecular flexibility index (Phi) is 5.25. The van der Waals surface area contributed by atoms with Gasteiger partial charge >= 0.3 is 5.69 Å². The topological polar surface area (TPSA) is 99.6 Å². The molecular weight excluding hydrogens is 437 g/mol. The molecule has 5 rings (SSSR count). The van der Waals surface area contributed by atoms with Crippen LogP contribution in [0.25, 0.3) is 27.7 Å².